The molecule has 0 spiro atoms. The monoisotopic (exact) mass is 367 g/mol. The van der Waals surface area contributed by atoms with Crippen molar-refractivity contribution in [1.29, 1.82) is 0 Å². The second kappa shape index (κ2) is 7.90. The minimum atomic E-state index is -0.933. The van der Waals surface area contributed by atoms with Crippen LogP contribution in [0.5, 0.6) is 0 Å². The van der Waals surface area contributed by atoms with E-state index in [1.807, 2.05) is 6.92 Å². The van der Waals surface area contributed by atoms with Crippen LogP contribution < -0.4 is 22.1 Å². The van der Waals surface area contributed by atoms with Crippen LogP contribution in [0.4, 0.5) is 20.8 Å². The van der Waals surface area contributed by atoms with Gasteiger partial charge in [-0.1, -0.05) is 0 Å². The molecule has 0 saturated carbocycles. The minimum absolute atomic E-state index is 0.0189. The number of nitrogens with one attached hydrogen (secondary N) is 2. The Labute approximate surface area is 147 Å². The molecule has 6 N–H and O–H groups in total. The molecule has 1 aromatic heterocycles. The molecule has 1 unspecified atom stereocenters. The molecule has 0 bridgehead atoms. The number of benzene rings is 1. The van der Waals surface area contributed by atoms with Gasteiger partial charge in [-0.2, -0.15) is 4.37 Å². The van der Waals surface area contributed by atoms with Crippen LogP contribution in [0, 0.1) is 12.7 Å². The zero-order valence-corrected chi connectivity index (χ0v) is 14.4. The first-order valence-electron chi connectivity index (χ1n) is 7.20. The van der Waals surface area contributed by atoms with Crippen LogP contribution >= 0.6 is 11.5 Å². The fourth-order valence-electron chi connectivity index (χ4n) is 2.10. The van der Waals surface area contributed by atoms with E-state index in [1.165, 1.54) is 24.7 Å². The summed E-state index contributed by atoms with van der Waals surface area (Å²) in [5, 5.41) is 6.30. The third kappa shape index (κ3) is 4.64. The third-order valence-electron chi connectivity index (χ3n) is 3.27. The van der Waals surface area contributed by atoms with Crippen LogP contribution in [0.2, 0.25) is 0 Å². The van der Waals surface area contributed by atoms with Crippen LogP contribution in [0.3, 0.4) is 0 Å². The third-order valence-corrected chi connectivity index (χ3v) is 4.06. The predicted molar refractivity (Wildman–Crippen MR) is 93.5 cm³/mol. The molecule has 0 saturated heterocycles. The van der Waals surface area contributed by atoms with Gasteiger partial charge in [0.05, 0.1) is 29.2 Å². The van der Waals surface area contributed by atoms with E-state index in [9.17, 15) is 14.0 Å². The molecule has 0 radical (unpaired) electrons. The van der Waals surface area contributed by atoms with Gasteiger partial charge in [0.2, 0.25) is 5.91 Å². The normalized spacial score (nSPS) is 11.8. The summed E-state index contributed by atoms with van der Waals surface area (Å²) in [5.74, 6) is -2.24. The van der Waals surface area contributed by atoms with Crippen LogP contribution in [0.15, 0.2) is 18.2 Å². The summed E-state index contributed by atoms with van der Waals surface area (Å²) >= 11 is 1.18. The number of primary amides is 2. The fraction of sp³-hybridized carbons (Fsp3) is 0.267. The Kier molecular flexibility index (Phi) is 5.88. The van der Waals surface area contributed by atoms with Gasteiger partial charge < -0.3 is 26.8 Å². The quantitative estimate of drug-likeness (QED) is 0.557. The predicted octanol–water partition coefficient (Wildman–Crippen LogP) is 1.35. The number of nitrogens with zero attached hydrogens (tertiary/aromatic N) is 1. The first-order chi connectivity index (χ1) is 11.8. The smallest absolute Gasteiger partial charge is 0.250 e. The van der Waals surface area contributed by atoms with Crippen molar-refractivity contribution in [3.05, 3.63) is 35.3 Å². The Morgan fingerprint density at radius 3 is 2.56 bits per heavy atom. The summed E-state index contributed by atoms with van der Waals surface area (Å²) in [6.07, 6.45) is 0. The van der Waals surface area contributed by atoms with Crippen molar-refractivity contribution >= 4 is 39.7 Å². The van der Waals surface area contributed by atoms with E-state index in [1.54, 1.807) is 6.07 Å². The van der Waals surface area contributed by atoms with Crippen molar-refractivity contribution in [2.75, 3.05) is 24.4 Å². The van der Waals surface area contributed by atoms with Crippen molar-refractivity contribution in [2.24, 2.45) is 11.5 Å². The molecule has 2 rings (SSSR count). The second-order valence-corrected chi connectivity index (χ2v) is 6.06. The average Bonchev–Trinajstić information content (AvgIpc) is 2.94. The van der Waals surface area contributed by atoms with E-state index >= 15 is 0 Å². The lowest BCUT2D eigenvalue weighted by atomic mass is 10.1. The van der Waals surface area contributed by atoms with Gasteiger partial charge in [0.15, 0.2) is 0 Å². The highest BCUT2D eigenvalue weighted by atomic mass is 32.1. The van der Waals surface area contributed by atoms with E-state index in [2.05, 4.69) is 15.0 Å². The van der Waals surface area contributed by atoms with E-state index in [-0.39, 0.29) is 23.5 Å². The molecule has 25 heavy (non-hydrogen) atoms. The summed E-state index contributed by atoms with van der Waals surface area (Å²) < 4.78 is 23.3. The van der Waals surface area contributed by atoms with E-state index < -0.39 is 23.7 Å². The second-order valence-electron chi connectivity index (χ2n) is 5.25. The van der Waals surface area contributed by atoms with Crippen molar-refractivity contribution in [3.8, 4) is 0 Å². The maximum Gasteiger partial charge on any atom is 0.250 e. The Balaban J connectivity index is 2.39. The zero-order chi connectivity index (χ0) is 18.6. The summed E-state index contributed by atoms with van der Waals surface area (Å²) in [7, 11) is 1.39. The molecule has 134 valence electrons. The van der Waals surface area contributed by atoms with Gasteiger partial charge in [-0.05, 0) is 36.7 Å². The summed E-state index contributed by atoms with van der Waals surface area (Å²) in [5.41, 5.74) is 11.6. The molecular weight excluding hydrogens is 349 g/mol. The van der Waals surface area contributed by atoms with E-state index in [0.717, 1.165) is 11.8 Å². The topological polar surface area (TPSA) is 132 Å². The number of halogens is 1. The number of carbonyl (C=O) groups excluding carboxylic acids is 2. The van der Waals surface area contributed by atoms with Gasteiger partial charge >= 0.3 is 0 Å². The fourth-order valence-corrected chi connectivity index (χ4v) is 2.77. The maximum atomic E-state index is 14.3. The molecule has 2 aromatic rings. The lowest BCUT2D eigenvalue weighted by molar-refractivity contribution is -0.119. The van der Waals surface area contributed by atoms with E-state index in [0.29, 0.717) is 5.00 Å². The zero-order valence-electron chi connectivity index (χ0n) is 13.6. The molecule has 1 atom stereocenters. The van der Waals surface area contributed by atoms with E-state index in [4.69, 9.17) is 16.2 Å². The Hall–Kier alpha value is -2.72. The van der Waals surface area contributed by atoms with Crippen LogP contribution in [0.25, 0.3) is 0 Å². The number of hydrogen-bond acceptors (Lipinski definition) is 7. The summed E-state index contributed by atoms with van der Waals surface area (Å²) in [6, 6.07) is 3.17. The Morgan fingerprint density at radius 2 is 2.04 bits per heavy atom. The number of rotatable bonds is 8. The molecule has 1 aromatic carbocycles. The molecule has 10 heteroatoms. The SMILES string of the molecule is COCC(Nc1cc(Nc2cc(C)ns2)c(C(N)=O)cc1F)C(N)=O. The number of hydrogen-bond donors (Lipinski definition) is 4. The minimum Gasteiger partial charge on any atom is -0.382 e. The molecule has 0 aliphatic carbocycles. The lowest BCUT2D eigenvalue weighted by Crippen LogP contribution is -2.39. The lowest BCUT2D eigenvalue weighted by Gasteiger charge is -2.18. The van der Waals surface area contributed by atoms with Crippen LogP contribution in [-0.2, 0) is 9.53 Å². The molecule has 8 nitrogen and oxygen atoms in total. The number of anilines is 3. The standard InChI is InChI=1S/C15H18FN5O3S/c1-7-3-13(25-21-7)20-10-5-11(9(16)4-8(10)14(17)22)19-12(6-24-2)15(18)23/h3-5,12,19-20H,6H2,1-2H3,(H2,17,22)(H2,18,23). The molecule has 2 amide bonds. The average molecular weight is 367 g/mol. The first-order valence-corrected chi connectivity index (χ1v) is 7.97. The molecular formula is C15H18FN5O3S. The van der Waals surface area contributed by atoms with Crippen molar-refractivity contribution in [1.82, 2.24) is 4.37 Å². The van der Waals surface area contributed by atoms with Crippen LogP contribution in [-0.4, -0.2) is 35.9 Å². The van der Waals surface area contributed by atoms with Crippen molar-refractivity contribution in [3.63, 3.8) is 0 Å². The number of carbonyl (C=O) groups is 2. The first kappa shape index (κ1) is 18.6. The number of ether oxygens (including phenoxy) is 1. The van der Waals surface area contributed by atoms with Gasteiger partial charge in [0.1, 0.15) is 16.9 Å². The number of amides is 2. The van der Waals surface area contributed by atoms with Crippen molar-refractivity contribution in [2.45, 2.75) is 13.0 Å². The molecule has 0 aliphatic rings. The van der Waals surface area contributed by atoms with Gasteiger partial charge in [-0.3, -0.25) is 9.59 Å². The summed E-state index contributed by atoms with van der Waals surface area (Å²) in [4.78, 5) is 23.0. The van der Waals surface area contributed by atoms with Gasteiger partial charge in [0.25, 0.3) is 5.91 Å². The van der Waals surface area contributed by atoms with Crippen molar-refractivity contribution < 1.29 is 18.7 Å². The Morgan fingerprint density at radius 1 is 1.32 bits per heavy atom. The van der Waals surface area contributed by atoms with Gasteiger partial charge in [0, 0.05) is 7.11 Å². The maximum absolute atomic E-state index is 14.3. The number of aromatic nitrogens is 1. The highest BCUT2D eigenvalue weighted by Gasteiger charge is 2.20. The number of nitrogens with two attached hydrogens (primary N) is 2. The number of methoxy groups -OCH3 is 1. The molecule has 0 aliphatic heterocycles. The van der Waals surface area contributed by atoms with Crippen LogP contribution in [0.1, 0.15) is 16.1 Å². The van der Waals surface area contributed by atoms with Gasteiger partial charge in [-0.15, -0.1) is 0 Å². The largest absolute Gasteiger partial charge is 0.382 e. The van der Waals surface area contributed by atoms with Gasteiger partial charge in [-0.25, -0.2) is 4.39 Å². The molecule has 0 fully saturated rings. The highest BCUT2D eigenvalue weighted by Crippen LogP contribution is 2.29. The molecule has 1 heterocycles. The number of aryl methyl sites for hydroxylation is 1. The Bertz CT molecular complexity index is 795. The highest BCUT2D eigenvalue weighted by molar-refractivity contribution is 7.10. The summed E-state index contributed by atoms with van der Waals surface area (Å²) in [6.45, 7) is 1.78.